The van der Waals surface area contributed by atoms with Gasteiger partial charge in [-0.25, -0.2) is 0 Å². The van der Waals surface area contributed by atoms with Gasteiger partial charge in [-0.05, 0) is 52.8 Å². The number of fused-ring (bicyclic) bond motifs is 1. The molecule has 0 amide bonds. The molecule has 2 nitrogen and oxygen atoms in total. The van der Waals surface area contributed by atoms with E-state index in [1.54, 1.807) is 11.3 Å². The van der Waals surface area contributed by atoms with Gasteiger partial charge in [-0.2, -0.15) is 10.5 Å². The van der Waals surface area contributed by atoms with Crippen molar-refractivity contribution in [3.8, 4) is 12.1 Å². The number of thiophene rings is 1. The maximum absolute atomic E-state index is 9.46. The van der Waals surface area contributed by atoms with Crippen molar-refractivity contribution in [2.45, 2.75) is 13.8 Å². The van der Waals surface area contributed by atoms with E-state index in [9.17, 15) is 10.5 Å². The molecule has 0 aliphatic heterocycles. The zero-order chi connectivity index (χ0) is 16.4. The van der Waals surface area contributed by atoms with E-state index in [4.69, 9.17) is 0 Å². The number of rotatable bonds is 2. The third-order valence-electron chi connectivity index (χ3n) is 4.06. The number of benzene rings is 2. The lowest BCUT2D eigenvalue weighted by atomic mass is 9.88. The van der Waals surface area contributed by atoms with Crippen molar-refractivity contribution in [1.82, 2.24) is 0 Å². The van der Waals surface area contributed by atoms with Crippen LogP contribution in [0.3, 0.4) is 0 Å². The van der Waals surface area contributed by atoms with E-state index in [0.29, 0.717) is 0 Å². The normalized spacial score (nSPS) is 10.1. The minimum atomic E-state index is 0.159. The number of nitriles is 2. The summed E-state index contributed by atoms with van der Waals surface area (Å²) in [6, 6.07) is 18.3. The Balaban J connectivity index is 2.51. The summed E-state index contributed by atoms with van der Waals surface area (Å²) in [7, 11) is 0. The molecule has 3 rings (SSSR count). The van der Waals surface area contributed by atoms with Crippen LogP contribution in [-0.2, 0) is 0 Å². The standard InChI is InChI=1S/C20H14N2S/c1-13-10-15-6-3-4-7-17(15)19(14(13)2)20(16(11-21)12-22)18-8-5-9-23-18/h3-10H,1-2H3. The lowest BCUT2D eigenvalue weighted by Gasteiger charge is -2.16. The van der Waals surface area contributed by atoms with E-state index in [-0.39, 0.29) is 5.57 Å². The minimum absolute atomic E-state index is 0.159. The highest BCUT2D eigenvalue weighted by Crippen LogP contribution is 2.37. The largest absolute Gasteiger partial charge is 0.192 e. The van der Waals surface area contributed by atoms with Gasteiger partial charge in [0, 0.05) is 10.5 Å². The third-order valence-corrected chi connectivity index (χ3v) is 4.95. The molecule has 0 spiro atoms. The number of hydrogen-bond donors (Lipinski definition) is 0. The molecule has 0 N–H and O–H groups in total. The van der Waals surface area contributed by atoms with E-state index in [0.717, 1.165) is 37.9 Å². The summed E-state index contributed by atoms with van der Waals surface area (Å²) in [6.07, 6.45) is 0. The third kappa shape index (κ3) is 2.52. The molecular weight excluding hydrogens is 300 g/mol. The highest BCUT2D eigenvalue weighted by molar-refractivity contribution is 7.11. The van der Waals surface area contributed by atoms with Crippen LogP contribution in [-0.4, -0.2) is 0 Å². The molecular formula is C20H14N2S. The van der Waals surface area contributed by atoms with Crippen LogP contribution < -0.4 is 0 Å². The van der Waals surface area contributed by atoms with Crippen LogP contribution in [0.25, 0.3) is 16.3 Å². The maximum Gasteiger partial charge on any atom is 0.138 e. The molecule has 0 bridgehead atoms. The Morgan fingerprint density at radius 1 is 1.00 bits per heavy atom. The Labute approximate surface area is 139 Å². The van der Waals surface area contributed by atoms with Gasteiger partial charge in [0.25, 0.3) is 0 Å². The summed E-state index contributed by atoms with van der Waals surface area (Å²) in [5, 5.41) is 23.1. The van der Waals surface area contributed by atoms with Crippen LogP contribution in [0.15, 0.2) is 53.4 Å². The van der Waals surface area contributed by atoms with Gasteiger partial charge in [-0.1, -0.05) is 36.4 Å². The molecule has 0 saturated heterocycles. The molecule has 1 aromatic heterocycles. The Hall–Kier alpha value is -2.88. The quantitative estimate of drug-likeness (QED) is 0.597. The zero-order valence-electron chi connectivity index (χ0n) is 12.9. The zero-order valence-corrected chi connectivity index (χ0v) is 13.7. The summed E-state index contributed by atoms with van der Waals surface area (Å²) >= 11 is 1.55. The van der Waals surface area contributed by atoms with Crippen molar-refractivity contribution in [2.24, 2.45) is 0 Å². The Kier molecular flexibility index (Phi) is 3.98. The van der Waals surface area contributed by atoms with Crippen molar-refractivity contribution in [3.05, 3.63) is 75.0 Å². The molecule has 2 aromatic carbocycles. The molecule has 110 valence electrons. The smallest absolute Gasteiger partial charge is 0.138 e. The van der Waals surface area contributed by atoms with Crippen molar-refractivity contribution in [2.75, 3.05) is 0 Å². The van der Waals surface area contributed by atoms with Gasteiger partial charge in [-0.15, -0.1) is 11.3 Å². The van der Waals surface area contributed by atoms with Crippen LogP contribution in [0, 0.1) is 36.5 Å². The van der Waals surface area contributed by atoms with Gasteiger partial charge >= 0.3 is 0 Å². The lowest BCUT2D eigenvalue weighted by molar-refractivity contribution is 1.34. The van der Waals surface area contributed by atoms with Crippen LogP contribution in [0.4, 0.5) is 0 Å². The van der Waals surface area contributed by atoms with Crippen molar-refractivity contribution in [1.29, 1.82) is 10.5 Å². The molecule has 3 aromatic rings. The summed E-state index contributed by atoms with van der Waals surface area (Å²) in [5.41, 5.74) is 4.15. The first-order valence-corrected chi connectivity index (χ1v) is 8.13. The fourth-order valence-corrected chi connectivity index (χ4v) is 3.63. The Morgan fingerprint density at radius 2 is 1.74 bits per heavy atom. The Morgan fingerprint density at radius 3 is 2.39 bits per heavy atom. The van der Waals surface area contributed by atoms with Crippen LogP contribution >= 0.6 is 11.3 Å². The molecule has 0 aliphatic rings. The van der Waals surface area contributed by atoms with E-state index in [1.165, 1.54) is 0 Å². The maximum atomic E-state index is 9.46. The number of hydrogen-bond acceptors (Lipinski definition) is 3. The summed E-state index contributed by atoms with van der Waals surface area (Å²) in [5.74, 6) is 0. The average molecular weight is 314 g/mol. The first kappa shape index (κ1) is 15.0. The van der Waals surface area contributed by atoms with Crippen LogP contribution in [0.1, 0.15) is 21.6 Å². The first-order valence-electron chi connectivity index (χ1n) is 7.25. The molecule has 0 atom stereocenters. The molecule has 0 unspecified atom stereocenters. The predicted molar refractivity (Wildman–Crippen MR) is 95.0 cm³/mol. The van der Waals surface area contributed by atoms with E-state index < -0.39 is 0 Å². The second-order valence-corrected chi connectivity index (χ2v) is 6.31. The van der Waals surface area contributed by atoms with E-state index >= 15 is 0 Å². The predicted octanol–water partition coefficient (Wildman–Crippen LogP) is 5.37. The van der Waals surface area contributed by atoms with Gasteiger partial charge in [0.05, 0.1) is 0 Å². The summed E-state index contributed by atoms with van der Waals surface area (Å²) in [4.78, 5) is 0.946. The molecule has 0 aliphatic carbocycles. The Bertz CT molecular complexity index is 981. The second kappa shape index (κ2) is 6.08. The van der Waals surface area contributed by atoms with E-state index in [1.807, 2.05) is 29.6 Å². The number of aryl methyl sites for hydroxylation is 1. The molecule has 1 heterocycles. The molecule has 0 radical (unpaired) electrons. The van der Waals surface area contributed by atoms with Crippen LogP contribution in [0.5, 0.6) is 0 Å². The molecule has 3 heteroatoms. The first-order chi connectivity index (χ1) is 11.2. The van der Waals surface area contributed by atoms with Crippen LogP contribution in [0.2, 0.25) is 0 Å². The number of allylic oxidation sites excluding steroid dienone is 1. The SMILES string of the molecule is Cc1cc2ccccc2c(C(=C(C#N)C#N)c2cccs2)c1C. The van der Waals surface area contributed by atoms with Gasteiger partial charge in [-0.3, -0.25) is 0 Å². The number of nitrogens with zero attached hydrogens (tertiary/aromatic N) is 2. The van der Waals surface area contributed by atoms with Gasteiger partial charge in [0.15, 0.2) is 0 Å². The monoisotopic (exact) mass is 314 g/mol. The fourth-order valence-electron chi connectivity index (χ4n) is 2.84. The fraction of sp³-hybridized carbons (Fsp3) is 0.100. The second-order valence-electron chi connectivity index (χ2n) is 5.37. The lowest BCUT2D eigenvalue weighted by Crippen LogP contribution is -1.97. The molecule has 0 saturated carbocycles. The topological polar surface area (TPSA) is 47.6 Å². The highest BCUT2D eigenvalue weighted by atomic mass is 32.1. The van der Waals surface area contributed by atoms with Gasteiger partial charge in [0.1, 0.15) is 17.7 Å². The highest BCUT2D eigenvalue weighted by Gasteiger charge is 2.19. The summed E-state index contributed by atoms with van der Waals surface area (Å²) < 4.78 is 0. The summed E-state index contributed by atoms with van der Waals surface area (Å²) in [6.45, 7) is 4.12. The van der Waals surface area contributed by atoms with Gasteiger partial charge < -0.3 is 0 Å². The van der Waals surface area contributed by atoms with Crippen molar-refractivity contribution < 1.29 is 0 Å². The van der Waals surface area contributed by atoms with Gasteiger partial charge in [0.2, 0.25) is 0 Å². The van der Waals surface area contributed by atoms with Crippen molar-refractivity contribution >= 4 is 27.7 Å². The average Bonchev–Trinajstić information content (AvgIpc) is 3.09. The van der Waals surface area contributed by atoms with E-state index in [2.05, 4.69) is 44.2 Å². The minimum Gasteiger partial charge on any atom is -0.192 e. The van der Waals surface area contributed by atoms with Crippen molar-refractivity contribution in [3.63, 3.8) is 0 Å². The molecule has 0 fully saturated rings. The molecule has 23 heavy (non-hydrogen) atoms.